The lowest BCUT2D eigenvalue weighted by Crippen LogP contribution is -2.15. The van der Waals surface area contributed by atoms with Crippen LogP contribution >= 0.6 is 0 Å². The maximum absolute atomic E-state index is 5.42. The van der Waals surface area contributed by atoms with Crippen LogP contribution in [0, 0.1) is 0 Å². The molecule has 0 bridgehead atoms. The highest BCUT2D eigenvalue weighted by Gasteiger charge is 2.08. The van der Waals surface area contributed by atoms with Crippen LogP contribution in [0.2, 0.25) is 0 Å². The summed E-state index contributed by atoms with van der Waals surface area (Å²) in [5.74, 6) is 7.63. The maximum Gasteiger partial charge on any atom is 0.145 e. The van der Waals surface area contributed by atoms with E-state index in [1.165, 1.54) is 0 Å². The average molecular weight is 243 g/mol. The van der Waals surface area contributed by atoms with Gasteiger partial charge in [-0.05, 0) is 12.1 Å². The van der Waals surface area contributed by atoms with Gasteiger partial charge in [0.15, 0.2) is 0 Å². The second-order valence-corrected chi connectivity index (χ2v) is 3.92. The van der Waals surface area contributed by atoms with Crippen LogP contribution in [-0.2, 0) is 6.42 Å². The highest BCUT2D eigenvalue weighted by atomic mass is 15.3. The number of nitrogens with zero attached hydrogens (tertiary/aromatic N) is 3. The molecule has 2 aromatic rings. The Morgan fingerprint density at radius 2 is 1.94 bits per heavy atom. The van der Waals surface area contributed by atoms with Gasteiger partial charge in [-0.1, -0.05) is 25.1 Å². The lowest BCUT2D eigenvalue weighted by molar-refractivity contribution is 0.924. The summed E-state index contributed by atoms with van der Waals surface area (Å²) in [6.45, 7) is 2.02. The molecule has 0 amide bonds. The molecule has 0 fully saturated rings. The van der Waals surface area contributed by atoms with Crippen LogP contribution in [0.3, 0.4) is 0 Å². The van der Waals surface area contributed by atoms with E-state index in [2.05, 4.69) is 15.4 Å². The third-order valence-corrected chi connectivity index (χ3v) is 2.71. The Morgan fingerprint density at radius 1 is 1.22 bits per heavy atom. The molecule has 3 N–H and O–H groups in total. The third-order valence-electron chi connectivity index (χ3n) is 2.71. The van der Waals surface area contributed by atoms with Crippen molar-refractivity contribution in [1.82, 2.24) is 9.97 Å². The first kappa shape index (κ1) is 12.3. The van der Waals surface area contributed by atoms with Crippen molar-refractivity contribution < 1.29 is 0 Å². The topological polar surface area (TPSA) is 67.1 Å². The van der Waals surface area contributed by atoms with Gasteiger partial charge >= 0.3 is 0 Å². The largest absolute Gasteiger partial charge is 0.329 e. The van der Waals surface area contributed by atoms with Gasteiger partial charge < -0.3 is 10.3 Å². The Bertz CT molecular complexity index is 490. The summed E-state index contributed by atoms with van der Waals surface area (Å²) in [4.78, 5) is 10.8. The molecule has 0 aliphatic rings. The molecule has 18 heavy (non-hydrogen) atoms. The number of para-hydroxylation sites is 1. The lowest BCUT2D eigenvalue weighted by Gasteiger charge is -2.19. The molecule has 0 aliphatic carbocycles. The summed E-state index contributed by atoms with van der Waals surface area (Å²) in [5, 5.41) is 0. The highest BCUT2D eigenvalue weighted by molar-refractivity contribution is 5.61. The normalized spacial score (nSPS) is 10.2. The van der Waals surface area contributed by atoms with Gasteiger partial charge in [0.25, 0.3) is 0 Å². The molecule has 0 saturated carbocycles. The number of nitrogen functional groups attached to an aromatic ring is 1. The van der Waals surface area contributed by atoms with E-state index < -0.39 is 0 Å². The number of rotatable bonds is 4. The minimum Gasteiger partial charge on any atom is -0.329 e. The van der Waals surface area contributed by atoms with E-state index in [-0.39, 0.29) is 0 Å². The van der Waals surface area contributed by atoms with Crippen LogP contribution in [0.5, 0.6) is 0 Å². The van der Waals surface area contributed by atoms with E-state index in [4.69, 9.17) is 5.84 Å². The first-order chi connectivity index (χ1) is 8.74. The molecule has 0 radical (unpaired) electrons. The van der Waals surface area contributed by atoms with Gasteiger partial charge in [-0.25, -0.2) is 15.8 Å². The van der Waals surface area contributed by atoms with Crippen LogP contribution in [0.15, 0.2) is 36.4 Å². The van der Waals surface area contributed by atoms with Crippen molar-refractivity contribution in [3.8, 4) is 0 Å². The summed E-state index contributed by atoms with van der Waals surface area (Å²) in [6.07, 6.45) is 0.769. The summed E-state index contributed by atoms with van der Waals surface area (Å²) in [6, 6.07) is 11.9. The summed E-state index contributed by atoms with van der Waals surface area (Å²) in [7, 11) is 1.97. The predicted molar refractivity (Wildman–Crippen MR) is 73.7 cm³/mol. The van der Waals surface area contributed by atoms with E-state index in [0.29, 0.717) is 5.82 Å². The van der Waals surface area contributed by atoms with Gasteiger partial charge in [-0.2, -0.15) is 0 Å². The van der Waals surface area contributed by atoms with Crippen LogP contribution in [0.4, 0.5) is 17.3 Å². The van der Waals surface area contributed by atoms with Gasteiger partial charge in [0.1, 0.15) is 17.5 Å². The number of aryl methyl sites for hydroxylation is 1. The SMILES string of the molecule is CCc1nc(NN)cc(N(C)c2ccccc2)n1. The smallest absolute Gasteiger partial charge is 0.145 e. The maximum atomic E-state index is 5.42. The number of hydrazine groups is 1. The Hall–Kier alpha value is -2.14. The van der Waals surface area contributed by atoms with Crippen molar-refractivity contribution in [3.63, 3.8) is 0 Å². The Kier molecular flexibility index (Phi) is 3.74. The summed E-state index contributed by atoms with van der Waals surface area (Å²) in [5.41, 5.74) is 3.64. The number of anilines is 3. The van der Waals surface area contributed by atoms with Crippen LogP contribution in [0.1, 0.15) is 12.7 Å². The van der Waals surface area contributed by atoms with Gasteiger partial charge in [0, 0.05) is 25.2 Å². The number of benzene rings is 1. The van der Waals surface area contributed by atoms with Gasteiger partial charge in [-0.15, -0.1) is 0 Å². The van der Waals surface area contributed by atoms with E-state index >= 15 is 0 Å². The third kappa shape index (κ3) is 2.57. The molecule has 94 valence electrons. The Balaban J connectivity index is 2.38. The fourth-order valence-corrected chi connectivity index (χ4v) is 1.67. The van der Waals surface area contributed by atoms with Crippen LogP contribution in [0.25, 0.3) is 0 Å². The van der Waals surface area contributed by atoms with E-state index in [9.17, 15) is 0 Å². The van der Waals surface area contributed by atoms with Crippen molar-refractivity contribution in [1.29, 1.82) is 0 Å². The van der Waals surface area contributed by atoms with Crippen molar-refractivity contribution in [3.05, 3.63) is 42.2 Å². The average Bonchev–Trinajstić information content (AvgIpc) is 2.46. The van der Waals surface area contributed by atoms with Gasteiger partial charge in [0.2, 0.25) is 0 Å². The molecule has 0 spiro atoms. The molecule has 1 aromatic carbocycles. The van der Waals surface area contributed by atoms with Crippen molar-refractivity contribution in [2.45, 2.75) is 13.3 Å². The number of hydrogen-bond donors (Lipinski definition) is 2. The predicted octanol–water partition coefficient (Wildman–Crippen LogP) is 2.09. The van der Waals surface area contributed by atoms with Gasteiger partial charge in [-0.3, -0.25) is 0 Å². The Morgan fingerprint density at radius 3 is 2.56 bits per heavy atom. The molecule has 5 nitrogen and oxygen atoms in total. The molecule has 1 heterocycles. The summed E-state index contributed by atoms with van der Waals surface area (Å²) < 4.78 is 0. The standard InChI is InChI=1S/C13H17N5/c1-3-11-15-12(17-14)9-13(16-11)18(2)10-7-5-4-6-8-10/h4-9H,3,14H2,1-2H3,(H,15,16,17). The van der Waals surface area contributed by atoms with Gasteiger partial charge in [0.05, 0.1) is 0 Å². The molecule has 0 atom stereocenters. The van der Waals surface area contributed by atoms with Crippen molar-refractivity contribution >= 4 is 17.3 Å². The fraction of sp³-hybridized carbons (Fsp3) is 0.231. The minimum atomic E-state index is 0.625. The molecule has 0 aliphatic heterocycles. The van der Waals surface area contributed by atoms with Crippen LogP contribution in [-0.4, -0.2) is 17.0 Å². The molecule has 1 aromatic heterocycles. The molecule has 0 saturated heterocycles. The van der Waals surface area contributed by atoms with E-state index in [1.807, 2.05) is 55.3 Å². The molecule has 0 unspecified atom stereocenters. The van der Waals surface area contributed by atoms with Crippen LogP contribution < -0.4 is 16.2 Å². The monoisotopic (exact) mass is 243 g/mol. The number of nitrogens with two attached hydrogens (primary N) is 1. The second-order valence-electron chi connectivity index (χ2n) is 3.92. The molecule has 2 rings (SSSR count). The lowest BCUT2D eigenvalue weighted by atomic mass is 10.3. The zero-order valence-electron chi connectivity index (χ0n) is 10.6. The number of hydrogen-bond acceptors (Lipinski definition) is 5. The summed E-state index contributed by atoms with van der Waals surface area (Å²) >= 11 is 0. The number of nitrogens with one attached hydrogen (secondary N) is 1. The first-order valence-corrected chi connectivity index (χ1v) is 5.88. The minimum absolute atomic E-state index is 0.625. The highest BCUT2D eigenvalue weighted by Crippen LogP contribution is 2.22. The second kappa shape index (κ2) is 5.46. The fourth-order valence-electron chi connectivity index (χ4n) is 1.67. The Labute approximate surface area is 107 Å². The molecular weight excluding hydrogens is 226 g/mol. The zero-order valence-corrected chi connectivity index (χ0v) is 10.6. The van der Waals surface area contributed by atoms with Crippen molar-refractivity contribution in [2.24, 2.45) is 5.84 Å². The first-order valence-electron chi connectivity index (χ1n) is 5.88. The molecular formula is C13H17N5. The number of aromatic nitrogens is 2. The zero-order chi connectivity index (χ0) is 13.0. The molecule has 5 heteroatoms. The quantitative estimate of drug-likeness (QED) is 0.635. The van der Waals surface area contributed by atoms with E-state index in [1.54, 1.807) is 0 Å². The van der Waals surface area contributed by atoms with E-state index in [0.717, 1.165) is 23.8 Å². The van der Waals surface area contributed by atoms with Crippen molar-refractivity contribution in [2.75, 3.05) is 17.4 Å².